The Kier molecular flexibility index (Phi) is 3.84. The van der Waals surface area contributed by atoms with Gasteiger partial charge in [-0.1, -0.05) is 6.07 Å². The van der Waals surface area contributed by atoms with Crippen molar-refractivity contribution in [3.8, 4) is 17.0 Å². The van der Waals surface area contributed by atoms with Gasteiger partial charge >= 0.3 is 0 Å². The Balaban J connectivity index is 1.25. The molecule has 0 unspecified atom stereocenters. The van der Waals surface area contributed by atoms with Crippen LogP contribution in [0.2, 0.25) is 0 Å². The molecular formula is C23H22N4O3. The predicted molar refractivity (Wildman–Crippen MR) is 111 cm³/mol. The van der Waals surface area contributed by atoms with Gasteiger partial charge in [-0.05, 0) is 48.2 Å². The Morgan fingerprint density at radius 3 is 3.00 bits per heavy atom. The average Bonchev–Trinajstić information content (AvgIpc) is 3.43. The van der Waals surface area contributed by atoms with Crippen molar-refractivity contribution in [3.63, 3.8) is 0 Å². The first-order valence-electron chi connectivity index (χ1n) is 10.5. The molecule has 1 amide bonds. The van der Waals surface area contributed by atoms with Crippen LogP contribution in [0.3, 0.4) is 0 Å². The standard InChI is InChI=1S/C23H22N4O3/c28-22-3-1-2-20-17-8-14(12-27(20)22)11-26(13-17)23(29)19-10-18(24-25-19)15-4-5-21-16(9-15)6-7-30-21/h1-5,9-10,14,17H,6-8,11-13H2,(H,24,25)/t14-,17+/m1/s1. The molecule has 0 spiro atoms. The van der Waals surface area contributed by atoms with Crippen molar-refractivity contribution in [2.24, 2.45) is 5.92 Å². The van der Waals surface area contributed by atoms with Gasteiger partial charge in [-0.25, -0.2) is 0 Å². The molecule has 2 atom stereocenters. The Morgan fingerprint density at radius 1 is 1.13 bits per heavy atom. The van der Waals surface area contributed by atoms with Crippen LogP contribution >= 0.6 is 0 Å². The third kappa shape index (κ3) is 2.76. The summed E-state index contributed by atoms with van der Waals surface area (Å²) in [4.78, 5) is 27.3. The lowest BCUT2D eigenvalue weighted by atomic mass is 9.83. The first kappa shape index (κ1) is 17.5. The number of ether oxygens (including phenoxy) is 1. The van der Waals surface area contributed by atoms with Crippen molar-refractivity contribution in [2.45, 2.75) is 25.3 Å². The molecule has 5 heterocycles. The fourth-order valence-corrected chi connectivity index (χ4v) is 5.16. The van der Waals surface area contributed by atoms with E-state index in [4.69, 9.17) is 4.74 Å². The second-order valence-corrected chi connectivity index (χ2v) is 8.50. The molecule has 1 fully saturated rings. The van der Waals surface area contributed by atoms with Gasteiger partial charge in [0.1, 0.15) is 11.4 Å². The smallest absolute Gasteiger partial charge is 0.271 e. The molecule has 3 aliphatic heterocycles. The van der Waals surface area contributed by atoms with E-state index < -0.39 is 0 Å². The van der Waals surface area contributed by atoms with Gasteiger partial charge in [0.25, 0.3) is 11.5 Å². The third-order valence-electron chi connectivity index (χ3n) is 6.56. The van der Waals surface area contributed by atoms with Crippen molar-refractivity contribution < 1.29 is 9.53 Å². The fraction of sp³-hybridized carbons (Fsp3) is 0.348. The summed E-state index contributed by atoms with van der Waals surface area (Å²) in [5.74, 6) is 1.42. The molecule has 30 heavy (non-hydrogen) atoms. The third-order valence-corrected chi connectivity index (χ3v) is 6.56. The number of hydrogen-bond acceptors (Lipinski definition) is 4. The van der Waals surface area contributed by atoms with Crippen LogP contribution in [0.1, 0.15) is 34.1 Å². The molecular weight excluding hydrogens is 380 g/mol. The number of benzene rings is 1. The maximum Gasteiger partial charge on any atom is 0.271 e. The van der Waals surface area contributed by atoms with E-state index in [-0.39, 0.29) is 17.4 Å². The minimum Gasteiger partial charge on any atom is -0.493 e. The number of amides is 1. The van der Waals surface area contributed by atoms with Gasteiger partial charge in [-0.3, -0.25) is 14.7 Å². The van der Waals surface area contributed by atoms with E-state index in [9.17, 15) is 9.59 Å². The zero-order chi connectivity index (χ0) is 20.2. The van der Waals surface area contributed by atoms with Gasteiger partial charge < -0.3 is 14.2 Å². The van der Waals surface area contributed by atoms with E-state index in [0.29, 0.717) is 31.2 Å². The molecule has 7 heteroatoms. The first-order chi connectivity index (χ1) is 14.7. The number of nitrogens with one attached hydrogen (secondary N) is 1. The van der Waals surface area contributed by atoms with Crippen LogP contribution in [0.25, 0.3) is 11.3 Å². The molecule has 0 aliphatic carbocycles. The Morgan fingerprint density at radius 2 is 2.07 bits per heavy atom. The van der Waals surface area contributed by atoms with Gasteiger partial charge in [-0.15, -0.1) is 0 Å². The molecule has 2 bridgehead atoms. The van der Waals surface area contributed by atoms with E-state index in [2.05, 4.69) is 16.3 Å². The van der Waals surface area contributed by atoms with Crippen molar-refractivity contribution in [1.82, 2.24) is 19.7 Å². The zero-order valence-corrected chi connectivity index (χ0v) is 16.5. The summed E-state index contributed by atoms with van der Waals surface area (Å²) in [7, 11) is 0. The molecule has 1 aromatic carbocycles. The molecule has 3 aromatic rings. The number of carbonyl (C=O) groups is 1. The molecule has 1 saturated heterocycles. The number of hydrogen-bond donors (Lipinski definition) is 1. The summed E-state index contributed by atoms with van der Waals surface area (Å²) >= 11 is 0. The number of H-pyrrole nitrogens is 1. The number of fused-ring (bicyclic) bond motifs is 5. The second kappa shape index (κ2) is 6.58. The molecule has 2 aromatic heterocycles. The summed E-state index contributed by atoms with van der Waals surface area (Å²) < 4.78 is 7.45. The van der Waals surface area contributed by atoms with Gasteiger partial charge in [0.2, 0.25) is 0 Å². The maximum absolute atomic E-state index is 13.2. The van der Waals surface area contributed by atoms with Crippen LogP contribution in [0, 0.1) is 5.92 Å². The minimum atomic E-state index is -0.0281. The van der Waals surface area contributed by atoms with Crippen LogP contribution < -0.4 is 10.3 Å². The van der Waals surface area contributed by atoms with Gasteiger partial charge in [0.05, 0.1) is 12.3 Å². The highest BCUT2D eigenvalue weighted by Gasteiger charge is 2.36. The van der Waals surface area contributed by atoms with E-state index in [0.717, 1.165) is 42.1 Å². The normalized spacial score (nSPS) is 21.7. The Labute approximate surface area is 173 Å². The molecule has 3 aliphatic rings. The fourth-order valence-electron chi connectivity index (χ4n) is 5.16. The molecule has 1 N–H and O–H groups in total. The highest BCUT2D eigenvalue weighted by Crippen LogP contribution is 2.35. The highest BCUT2D eigenvalue weighted by molar-refractivity contribution is 5.93. The lowest BCUT2D eigenvalue weighted by Gasteiger charge is -2.42. The topological polar surface area (TPSA) is 80.2 Å². The van der Waals surface area contributed by atoms with Crippen molar-refractivity contribution in [2.75, 3.05) is 19.7 Å². The number of likely N-dealkylation sites (tertiary alicyclic amines) is 1. The van der Waals surface area contributed by atoms with Crippen LogP contribution in [0.15, 0.2) is 47.3 Å². The number of aromatic nitrogens is 3. The summed E-state index contributed by atoms with van der Waals surface area (Å²) in [6.45, 7) is 2.69. The van der Waals surface area contributed by atoms with Crippen LogP contribution in [-0.2, 0) is 13.0 Å². The average molecular weight is 402 g/mol. The molecule has 152 valence electrons. The van der Waals surface area contributed by atoms with E-state index in [1.807, 2.05) is 39.8 Å². The largest absolute Gasteiger partial charge is 0.493 e. The lowest BCUT2D eigenvalue weighted by Crippen LogP contribution is -2.49. The summed E-state index contributed by atoms with van der Waals surface area (Å²) in [6, 6.07) is 13.3. The predicted octanol–water partition coefficient (Wildman–Crippen LogP) is 2.43. The monoisotopic (exact) mass is 402 g/mol. The maximum atomic E-state index is 13.2. The van der Waals surface area contributed by atoms with E-state index in [1.165, 1.54) is 5.56 Å². The van der Waals surface area contributed by atoms with Gasteiger partial charge in [0, 0.05) is 49.3 Å². The van der Waals surface area contributed by atoms with Crippen molar-refractivity contribution in [1.29, 1.82) is 0 Å². The van der Waals surface area contributed by atoms with Crippen LogP contribution in [-0.4, -0.2) is 45.3 Å². The van der Waals surface area contributed by atoms with E-state index >= 15 is 0 Å². The quantitative estimate of drug-likeness (QED) is 0.714. The summed E-state index contributed by atoms with van der Waals surface area (Å²) in [5.41, 5.74) is 4.54. The van der Waals surface area contributed by atoms with Crippen LogP contribution in [0.4, 0.5) is 0 Å². The molecule has 0 radical (unpaired) electrons. The number of rotatable bonds is 2. The summed E-state index contributed by atoms with van der Waals surface area (Å²) in [6.07, 6.45) is 1.93. The molecule has 0 saturated carbocycles. The molecule has 7 nitrogen and oxygen atoms in total. The summed E-state index contributed by atoms with van der Waals surface area (Å²) in [5, 5.41) is 7.32. The van der Waals surface area contributed by atoms with Crippen molar-refractivity contribution >= 4 is 5.91 Å². The first-order valence-corrected chi connectivity index (χ1v) is 10.5. The lowest BCUT2D eigenvalue weighted by molar-refractivity contribution is 0.0588. The number of piperidine rings is 1. The Hall–Kier alpha value is -3.35. The van der Waals surface area contributed by atoms with Gasteiger partial charge in [-0.2, -0.15) is 5.10 Å². The number of pyridine rings is 1. The van der Waals surface area contributed by atoms with Crippen molar-refractivity contribution in [3.05, 3.63) is 69.8 Å². The van der Waals surface area contributed by atoms with Gasteiger partial charge in [0.15, 0.2) is 0 Å². The van der Waals surface area contributed by atoms with E-state index in [1.54, 1.807) is 6.07 Å². The molecule has 6 rings (SSSR count). The number of aromatic amines is 1. The Bertz CT molecular complexity index is 1210. The minimum absolute atomic E-state index is 0.0281. The zero-order valence-electron chi connectivity index (χ0n) is 16.5. The van der Waals surface area contributed by atoms with Crippen LogP contribution in [0.5, 0.6) is 5.75 Å². The number of carbonyl (C=O) groups excluding carboxylic acids is 1. The second-order valence-electron chi connectivity index (χ2n) is 8.50. The SMILES string of the molecule is O=C(c1cc(-c2ccc3c(c2)CCO3)n[nH]1)N1C[C@H]2C[C@@H](C1)c1cccc(=O)n1C2. The highest BCUT2D eigenvalue weighted by atomic mass is 16.5. The number of nitrogens with zero attached hydrogens (tertiary/aromatic N) is 3.